The van der Waals surface area contributed by atoms with Crippen molar-refractivity contribution in [2.24, 2.45) is 11.8 Å². The van der Waals surface area contributed by atoms with Crippen molar-refractivity contribution >= 4 is 27.4 Å². The van der Waals surface area contributed by atoms with Gasteiger partial charge in [-0.3, -0.25) is 0 Å². The molecule has 0 saturated heterocycles. The number of hydrogen-bond acceptors (Lipinski definition) is 4. The molecule has 0 amide bonds. The second-order valence-electron chi connectivity index (χ2n) is 5.25. The Morgan fingerprint density at radius 1 is 1.50 bits per heavy atom. The number of nitrogens with one attached hydrogen (secondary N) is 2. The van der Waals surface area contributed by atoms with Crippen LogP contribution >= 0.6 is 11.6 Å². The van der Waals surface area contributed by atoms with Crippen LogP contribution in [0.5, 0.6) is 0 Å². The fraction of sp³-hybridized carbons (Fsp3) is 0.615. The van der Waals surface area contributed by atoms with Crippen LogP contribution in [0.3, 0.4) is 0 Å². The number of pyridine rings is 1. The third kappa shape index (κ3) is 3.84. The Morgan fingerprint density at radius 3 is 2.75 bits per heavy atom. The normalized spacial score (nSPS) is 21.8. The molecule has 1 aliphatic rings. The van der Waals surface area contributed by atoms with E-state index in [-0.39, 0.29) is 4.90 Å². The third-order valence-electron chi connectivity index (χ3n) is 3.48. The van der Waals surface area contributed by atoms with Crippen molar-refractivity contribution in [2.45, 2.75) is 31.6 Å². The third-order valence-corrected chi connectivity index (χ3v) is 5.16. The van der Waals surface area contributed by atoms with Gasteiger partial charge in [0.05, 0.1) is 5.02 Å². The van der Waals surface area contributed by atoms with Gasteiger partial charge in [0.25, 0.3) is 0 Å². The summed E-state index contributed by atoms with van der Waals surface area (Å²) in [4.78, 5) is 4.19. The van der Waals surface area contributed by atoms with Crippen LogP contribution in [0.4, 0.5) is 5.82 Å². The highest BCUT2D eigenvalue weighted by Crippen LogP contribution is 2.37. The molecule has 0 aromatic carbocycles. The van der Waals surface area contributed by atoms with Gasteiger partial charge in [-0.25, -0.2) is 18.1 Å². The maximum atomic E-state index is 12.1. The lowest BCUT2D eigenvalue weighted by Gasteiger charge is -2.09. The van der Waals surface area contributed by atoms with Crippen LogP contribution in [0.1, 0.15) is 26.7 Å². The summed E-state index contributed by atoms with van der Waals surface area (Å²) in [5, 5.41) is 3.37. The van der Waals surface area contributed by atoms with E-state index in [0.717, 1.165) is 19.4 Å². The average molecular weight is 318 g/mol. The number of rotatable bonds is 7. The standard InChI is InChI=1S/C13H20ClN3O2S/c1-3-4-15-13-12(14)6-11(8-16-13)20(18,19)17-7-10-5-9(10)2/h6,8-10,17H,3-5,7H2,1-2H3,(H,15,16). The van der Waals surface area contributed by atoms with Gasteiger partial charge in [0.2, 0.25) is 10.0 Å². The second-order valence-corrected chi connectivity index (χ2v) is 7.43. The van der Waals surface area contributed by atoms with Crippen LogP contribution in [0.2, 0.25) is 5.02 Å². The molecular formula is C13H20ClN3O2S. The molecule has 0 aliphatic heterocycles. The van der Waals surface area contributed by atoms with Crippen LogP contribution in [0.15, 0.2) is 17.2 Å². The topological polar surface area (TPSA) is 71.1 Å². The van der Waals surface area contributed by atoms with E-state index < -0.39 is 10.0 Å². The summed E-state index contributed by atoms with van der Waals surface area (Å²) < 4.78 is 26.8. The van der Waals surface area contributed by atoms with Crippen LogP contribution in [0.25, 0.3) is 0 Å². The van der Waals surface area contributed by atoms with E-state index >= 15 is 0 Å². The van der Waals surface area contributed by atoms with Crippen LogP contribution in [0, 0.1) is 11.8 Å². The van der Waals surface area contributed by atoms with Crippen LogP contribution < -0.4 is 10.0 Å². The zero-order valence-electron chi connectivity index (χ0n) is 11.7. The van der Waals surface area contributed by atoms with E-state index in [9.17, 15) is 8.42 Å². The van der Waals surface area contributed by atoms with Crippen molar-refractivity contribution in [2.75, 3.05) is 18.4 Å². The largest absolute Gasteiger partial charge is 0.369 e. The lowest BCUT2D eigenvalue weighted by Crippen LogP contribution is -2.26. The van der Waals surface area contributed by atoms with Gasteiger partial charge in [0.1, 0.15) is 10.7 Å². The summed E-state index contributed by atoms with van der Waals surface area (Å²) in [6.45, 7) is 5.38. The molecule has 1 fully saturated rings. The minimum absolute atomic E-state index is 0.109. The summed E-state index contributed by atoms with van der Waals surface area (Å²) in [6.07, 6.45) is 3.36. The SMILES string of the molecule is CCCNc1ncc(S(=O)(=O)NCC2CC2C)cc1Cl. The van der Waals surface area contributed by atoms with Gasteiger partial charge < -0.3 is 5.32 Å². The first-order chi connectivity index (χ1) is 9.44. The molecule has 2 unspecified atom stereocenters. The minimum Gasteiger partial charge on any atom is -0.369 e. The molecule has 112 valence electrons. The number of halogens is 1. The monoisotopic (exact) mass is 317 g/mol. The highest BCUT2D eigenvalue weighted by molar-refractivity contribution is 7.89. The number of nitrogens with zero attached hydrogens (tertiary/aromatic N) is 1. The van der Waals surface area contributed by atoms with E-state index in [1.165, 1.54) is 12.3 Å². The first-order valence-corrected chi connectivity index (χ1v) is 8.69. The predicted molar refractivity (Wildman–Crippen MR) is 80.5 cm³/mol. The molecule has 1 aromatic rings. The summed E-state index contributed by atoms with van der Waals surface area (Å²) >= 11 is 6.05. The smallest absolute Gasteiger partial charge is 0.242 e. The summed E-state index contributed by atoms with van der Waals surface area (Å²) in [5.74, 6) is 1.59. The second kappa shape index (κ2) is 6.28. The molecule has 2 atom stereocenters. The molecule has 1 aromatic heterocycles. The van der Waals surface area contributed by atoms with Crippen molar-refractivity contribution in [3.63, 3.8) is 0 Å². The zero-order chi connectivity index (χ0) is 14.8. The van der Waals surface area contributed by atoms with E-state index in [1.807, 2.05) is 6.92 Å². The van der Waals surface area contributed by atoms with E-state index in [4.69, 9.17) is 11.6 Å². The molecule has 2 N–H and O–H groups in total. The molecule has 1 heterocycles. The quantitative estimate of drug-likeness (QED) is 0.810. The van der Waals surface area contributed by atoms with Crippen molar-refractivity contribution in [1.82, 2.24) is 9.71 Å². The Kier molecular flexibility index (Phi) is 4.88. The van der Waals surface area contributed by atoms with Gasteiger partial charge >= 0.3 is 0 Å². The van der Waals surface area contributed by atoms with Gasteiger partial charge in [0.15, 0.2) is 0 Å². The maximum Gasteiger partial charge on any atom is 0.242 e. The van der Waals surface area contributed by atoms with Crippen molar-refractivity contribution in [3.8, 4) is 0 Å². The number of sulfonamides is 1. The Labute approximate surface area is 125 Å². The molecule has 7 heteroatoms. The maximum absolute atomic E-state index is 12.1. The molecule has 0 radical (unpaired) electrons. The Hall–Kier alpha value is -0.850. The van der Waals surface area contributed by atoms with Gasteiger partial charge in [-0.05, 0) is 30.7 Å². The van der Waals surface area contributed by atoms with Crippen LogP contribution in [-0.4, -0.2) is 26.5 Å². The molecule has 0 bridgehead atoms. The van der Waals surface area contributed by atoms with Gasteiger partial charge in [-0.2, -0.15) is 0 Å². The molecule has 1 saturated carbocycles. The number of anilines is 1. The summed E-state index contributed by atoms with van der Waals surface area (Å²) in [5.41, 5.74) is 0. The summed E-state index contributed by atoms with van der Waals surface area (Å²) in [6, 6.07) is 1.44. The Balaban J connectivity index is 2.05. The Bertz CT molecular complexity index is 577. The minimum atomic E-state index is -3.52. The molecule has 2 rings (SSSR count). The molecule has 5 nitrogen and oxygen atoms in total. The first-order valence-electron chi connectivity index (χ1n) is 6.83. The Morgan fingerprint density at radius 2 is 2.20 bits per heavy atom. The number of aromatic nitrogens is 1. The fourth-order valence-electron chi connectivity index (χ4n) is 1.92. The summed E-state index contributed by atoms with van der Waals surface area (Å²) in [7, 11) is -3.52. The van der Waals surface area contributed by atoms with Crippen molar-refractivity contribution in [3.05, 3.63) is 17.3 Å². The first kappa shape index (κ1) is 15.5. The van der Waals surface area contributed by atoms with E-state index in [0.29, 0.717) is 29.2 Å². The van der Waals surface area contributed by atoms with Crippen LogP contribution in [-0.2, 0) is 10.0 Å². The van der Waals surface area contributed by atoms with Gasteiger partial charge in [0, 0.05) is 19.3 Å². The zero-order valence-corrected chi connectivity index (χ0v) is 13.3. The van der Waals surface area contributed by atoms with Gasteiger partial charge in [-0.1, -0.05) is 25.4 Å². The highest BCUT2D eigenvalue weighted by Gasteiger charge is 2.33. The molecule has 1 aliphatic carbocycles. The molecule has 0 spiro atoms. The van der Waals surface area contributed by atoms with E-state index in [2.05, 4.69) is 21.9 Å². The predicted octanol–water partition coefficient (Wildman–Crippen LogP) is 2.49. The molecule has 20 heavy (non-hydrogen) atoms. The fourth-order valence-corrected chi connectivity index (χ4v) is 3.29. The van der Waals surface area contributed by atoms with Crippen molar-refractivity contribution < 1.29 is 8.42 Å². The van der Waals surface area contributed by atoms with E-state index in [1.54, 1.807) is 0 Å². The highest BCUT2D eigenvalue weighted by atomic mass is 35.5. The van der Waals surface area contributed by atoms with Crippen molar-refractivity contribution in [1.29, 1.82) is 0 Å². The lowest BCUT2D eigenvalue weighted by atomic mass is 10.3. The lowest BCUT2D eigenvalue weighted by molar-refractivity contribution is 0.574. The van der Waals surface area contributed by atoms with Gasteiger partial charge in [-0.15, -0.1) is 0 Å². The average Bonchev–Trinajstić information content (AvgIpc) is 3.11. The number of hydrogen-bond donors (Lipinski definition) is 2. The molecular weight excluding hydrogens is 298 g/mol.